The fourth-order valence-corrected chi connectivity index (χ4v) is 13.9. The fourth-order valence-electron chi connectivity index (χ4n) is 5.18. The predicted octanol–water partition coefficient (Wildman–Crippen LogP) is 8.22. The number of hydrogen-bond donors (Lipinski definition) is 3. The van der Waals surface area contributed by atoms with Crippen molar-refractivity contribution in [1.82, 2.24) is 0 Å². The van der Waals surface area contributed by atoms with Gasteiger partial charge >= 0.3 is 11.9 Å². The minimum atomic E-state index is -1.74. The summed E-state index contributed by atoms with van der Waals surface area (Å²) in [5, 5.41) is 29.4. The highest BCUT2D eigenvalue weighted by atomic mass is 32.2. The van der Waals surface area contributed by atoms with Gasteiger partial charge in [-0.15, -0.1) is 11.8 Å². The minimum absolute atomic E-state index is 0.0106. The molecule has 5 nitrogen and oxygen atoms in total. The molecule has 2 aromatic rings. The third-order valence-corrected chi connectivity index (χ3v) is 14.9. The van der Waals surface area contributed by atoms with Gasteiger partial charge in [-0.05, 0) is 45.7 Å². The van der Waals surface area contributed by atoms with Crippen molar-refractivity contribution < 1.29 is 24.9 Å². The van der Waals surface area contributed by atoms with E-state index in [1.54, 1.807) is 5.19 Å². The summed E-state index contributed by atoms with van der Waals surface area (Å²) in [6, 6.07) is 18.3. The van der Waals surface area contributed by atoms with Crippen LogP contribution in [-0.4, -0.2) is 40.7 Å². The van der Waals surface area contributed by atoms with Crippen LogP contribution >= 0.6 is 11.8 Å². The summed E-state index contributed by atoms with van der Waals surface area (Å²) in [6.07, 6.45) is -0.593. The van der Waals surface area contributed by atoms with Crippen LogP contribution in [0.2, 0.25) is 12.1 Å². The molecule has 0 heterocycles. The van der Waals surface area contributed by atoms with E-state index in [1.807, 2.05) is 17.8 Å². The van der Waals surface area contributed by atoms with Gasteiger partial charge in [-0.2, -0.15) is 0 Å². The van der Waals surface area contributed by atoms with Crippen LogP contribution in [0.3, 0.4) is 0 Å². The molecular formula is C33H52O5SSi. The van der Waals surface area contributed by atoms with Crippen LogP contribution < -0.4 is 5.19 Å². The SMILES string of the molecule is CC(C)C[Si](CSc1cc(C(C)(C)C)c(O)cc1C(C)(C)C)(CC(C)C)c1ccccc1.O=C(O)CCC(=O)O. The van der Waals surface area contributed by atoms with Gasteiger partial charge < -0.3 is 15.3 Å². The van der Waals surface area contributed by atoms with Crippen molar-refractivity contribution >= 4 is 37.0 Å². The van der Waals surface area contributed by atoms with Crippen LogP contribution in [0.25, 0.3) is 0 Å². The molecule has 0 saturated heterocycles. The minimum Gasteiger partial charge on any atom is -0.508 e. The third kappa shape index (κ3) is 11.7. The van der Waals surface area contributed by atoms with Crippen LogP contribution in [0, 0.1) is 11.8 Å². The van der Waals surface area contributed by atoms with E-state index in [2.05, 4.69) is 106 Å². The second-order valence-electron chi connectivity index (χ2n) is 13.8. The first-order valence-corrected chi connectivity index (χ1v) is 17.9. The summed E-state index contributed by atoms with van der Waals surface area (Å²) < 4.78 is 0. The molecule has 224 valence electrons. The Morgan fingerprint density at radius 3 is 1.60 bits per heavy atom. The quantitative estimate of drug-likeness (QED) is 0.181. The maximum atomic E-state index is 10.9. The largest absolute Gasteiger partial charge is 0.508 e. The number of carbonyl (C=O) groups is 2. The zero-order valence-corrected chi connectivity index (χ0v) is 28.1. The summed E-state index contributed by atoms with van der Waals surface area (Å²) in [7, 11) is -1.74. The Hall–Kier alpha value is -2.25. The van der Waals surface area contributed by atoms with Crippen LogP contribution in [0.15, 0.2) is 47.4 Å². The van der Waals surface area contributed by atoms with E-state index in [4.69, 9.17) is 10.2 Å². The van der Waals surface area contributed by atoms with Crippen molar-refractivity contribution in [1.29, 1.82) is 0 Å². The highest BCUT2D eigenvalue weighted by Gasteiger charge is 2.37. The highest BCUT2D eigenvalue weighted by molar-refractivity contribution is 8.01. The van der Waals surface area contributed by atoms with E-state index >= 15 is 0 Å². The van der Waals surface area contributed by atoms with Gasteiger partial charge in [-0.1, -0.05) is 117 Å². The molecule has 0 atom stereocenters. The van der Waals surface area contributed by atoms with E-state index < -0.39 is 20.0 Å². The molecule has 0 bridgehead atoms. The predicted molar refractivity (Wildman–Crippen MR) is 172 cm³/mol. The highest BCUT2D eigenvalue weighted by Crippen LogP contribution is 2.42. The smallest absolute Gasteiger partial charge is 0.303 e. The lowest BCUT2D eigenvalue weighted by Crippen LogP contribution is -2.52. The number of aliphatic carboxylic acids is 2. The number of rotatable bonds is 11. The first-order chi connectivity index (χ1) is 18.3. The maximum absolute atomic E-state index is 10.9. The Labute approximate surface area is 247 Å². The van der Waals surface area contributed by atoms with Gasteiger partial charge in [0.15, 0.2) is 0 Å². The molecular weight excluding hydrogens is 537 g/mol. The first kappa shape index (κ1) is 35.8. The number of benzene rings is 2. The monoisotopic (exact) mass is 588 g/mol. The number of thioether (sulfide) groups is 1. The van der Waals surface area contributed by atoms with Crippen molar-refractivity contribution in [2.75, 3.05) is 5.38 Å². The summed E-state index contributed by atoms with van der Waals surface area (Å²) in [6.45, 7) is 22.9. The number of phenolic OH excluding ortho intramolecular Hbond substituents is 1. The van der Waals surface area contributed by atoms with E-state index in [0.717, 1.165) is 5.56 Å². The number of phenols is 1. The maximum Gasteiger partial charge on any atom is 0.303 e. The van der Waals surface area contributed by atoms with Gasteiger partial charge in [0.2, 0.25) is 0 Å². The topological polar surface area (TPSA) is 94.8 Å². The van der Waals surface area contributed by atoms with Gasteiger partial charge in [0.05, 0.1) is 20.9 Å². The molecule has 0 spiro atoms. The zero-order chi connectivity index (χ0) is 30.9. The first-order valence-electron chi connectivity index (χ1n) is 14.3. The van der Waals surface area contributed by atoms with Gasteiger partial charge in [0.25, 0.3) is 0 Å². The van der Waals surface area contributed by atoms with Gasteiger partial charge in [-0.25, -0.2) is 0 Å². The molecule has 0 unspecified atom stereocenters. The van der Waals surface area contributed by atoms with Crippen molar-refractivity contribution in [3.8, 4) is 5.75 Å². The number of carboxylic acid groups (broad SMARTS) is 2. The van der Waals surface area contributed by atoms with Crippen molar-refractivity contribution in [3.63, 3.8) is 0 Å². The van der Waals surface area contributed by atoms with E-state index in [1.165, 1.54) is 27.9 Å². The van der Waals surface area contributed by atoms with Crippen molar-refractivity contribution in [2.24, 2.45) is 11.8 Å². The third-order valence-electron chi connectivity index (χ3n) is 6.75. The molecule has 40 heavy (non-hydrogen) atoms. The normalized spacial score (nSPS) is 12.3. The Morgan fingerprint density at radius 1 is 0.775 bits per heavy atom. The molecule has 2 aromatic carbocycles. The molecule has 7 heteroatoms. The Bertz CT molecular complexity index is 1070. The molecule has 2 rings (SSSR count). The molecule has 0 amide bonds. The van der Waals surface area contributed by atoms with E-state index in [9.17, 15) is 14.7 Å². The number of aromatic hydroxyl groups is 1. The molecule has 0 fully saturated rings. The Morgan fingerprint density at radius 2 is 1.23 bits per heavy atom. The second-order valence-corrected chi connectivity index (χ2v) is 19.6. The van der Waals surface area contributed by atoms with Gasteiger partial charge in [0.1, 0.15) is 5.75 Å². The Kier molecular flexibility index (Phi) is 13.5. The van der Waals surface area contributed by atoms with Crippen molar-refractivity contribution in [3.05, 3.63) is 53.6 Å². The molecule has 0 aromatic heterocycles. The van der Waals surface area contributed by atoms with Crippen molar-refractivity contribution in [2.45, 2.75) is 110 Å². The number of carboxylic acids is 2. The van der Waals surface area contributed by atoms with Gasteiger partial charge in [0, 0.05) is 10.5 Å². The number of hydrogen-bond acceptors (Lipinski definition) is 4. The lowest BCUT2D eigenvalue weighted by Gasteiger charge is -2.36. The molecule has 0 aliphatic heterocycles. The standard InChI is InChI=1S/C29H46OSSi.C4H6O4/c1-21(2)18-32(19-22(3)4,23-14-12-11-13-15-23)20-31-27-17-24(28(5,6)7)26(30)16-25(27)29(8,9)10;5-3(6)1-2-4(7)8/h11-17,21-22,30H,18-20H2,1-10H3;1-2H2,(H,5,6)(H,7,8). The Balaban J connectivity index is 0.000000869. The van der Waals surface area contributed by atoms with E-state index in [0.29, 0.717) is 17.6 Å². The lowest BCUT2D eigenvalue weighted by atomic mass is 9.81. The van der Waals surface area contributed by atoms with Crippen LogP contribution in [0.1, 0.15) is 93.2 Å². The van der Waals surface area contributed by atoms with E-state index in [-0.39, 0.29) is 23.7 Å². The summed E-state index contributed by atoms with van der Waals surface area (Å²) in [4.78, 5) is 20.6. The zero-order valence-electron chi connectivity index (χ0n) is 26.3. The summed E-state index contributed by atoms with van der Waals surface area (Å²) >= 11 is 2.05. The molecule has 0 aliphatic carbocycles. The molecule has 0 radical (unpaired) electrons. The van der Waals surface area contributed by atoms with Crippen LogP contribution in [-0.2, 0) is 20.4 Å². The average molecular weight is 589 g/mol. The molecule has 3 N–H and O–H groups in total. The second kappa shape index (κ2) is 15.1. The average Bonchev–Trinajstić information content (AvgIpc) is 2.80. The molecule has 0 saturated carbocycles. The molecule has 0 aliphatic rings. The van der Waals surface area contributed by atoms with Gasteiger partial charge in [-0.3, -0.25) is 9.59 Å². The summed E-state index contributed by atoms with van der Waals surface area (Å²) in [5.41, 5.74) is 2.22. The summed E-state index contributed by atoms with van der Waals surface area (Å²) in [5.74, 6) is -0.343. The van der Waals surface area contributed by atoms with Crippen LogP contribution in [0.4, 0.5) is 0 Å². The lowest BCUT2D eigenvalue weighted by molar-refractivity contribution is -0.143. The fraction of sp³-hybridized carbons (Fsp3) is 0.576. The van der Waals surface area contributed by atoms with Crippen LogP contribution in [0.5, 0.6) is 5.75 Å².